The fourth-order valence-corrected chi connectivity index (χ4v) is 1.22. The van der Waals surface area contributed by atoms with Crippen molar-refractivity contribution in [2.24, 2.45) is 5.73 Å². The summed E-state index contributed by atoms with van der Waals surface area (Å²) in [5, 5.41) is 9.32. The van der Waals surface area contributed by atoms with Crippen LogP contribution >= 0.6 is 23.8 Å². The summed E-state index contributed by atoms with van der Waals surface area (Å²) in [6.07, 6.45) is 1.61. The molecule has 4 heteroatoms. The molecule has 1 aromatic carbocycles. The molecule has 14 heavy (non-hydrogen) atoms. The van der Waals surface area contributed by atoms with Gasteiger partial charge in [-0.25, -0.2) is 0 Å². The van der Waals surface area contributed by atoms with E-state index in [4.69, 9.17) is 34.8 Å². The Balaban J connectivity index is 3.08. The van der Waals surface area contributed by atoms with Gasteiger partial charge in [0.2, 0.25) is 0 Å². The van der Waals surface area contributed by atoms with E-state index < -0.39 is 0 Å². The van der Waals surface area contributed by atoms with Crippen LogP contribution in [0.25, 0.3) is 6.08 Å². The van der Waals surface area contributed by atoms with Crippen LogP contribution < -0.4 is 5.73 Å². The third-order valence-electron chi connectivity index (χ3n) is 1.55. The number of hydrogen-bond donors (Lipinski definition) is 1. The van der Waals surface area contributed by atoms with Crippen LogP contribution in [0.1, 0.15) is 5.56 Å². The Labute approximate surface area is 92.6 Å². The summed E-state index contributed by atoms with van der Waals surface area (Å²) in [4.78, 5) is 0.0903. The highest BCUT2D eigenvalue weighted by atomic mass is 35.5. The summed E-state index contributed by atoms with van der Waals surface area (Å²) in [5.74, 6) is 0. The molecule has 0 aliphatic heterocycles. The number of benzene rings is 1. The second-order valence-corrected chi connectivity index (χ2v) is 3.47. The molecule has 0 fully saturated rings. The zero-order valence-corrected chi connectivity index (χ0v) is 8.77. The van der Waals surface area contributed by atoms with E-state index in [2.05, 4.69) is 0 Å². The van der Waals surface area contributed by atoms with Gasteiger partial charge in [0.1, 0.15) is 11.1 Å². The molecule has 0 aliphatic carbocycles. The van der Waals surface area contributed by atoms with Gasteiger partial charge in [-0.3, -0.25) is 0 Å². The Hall–Kier alpha value is -1.37. The van der Waals surface area contributed by atoms with Gasteiger partial charge < -0.3 is 5.73 Å². The monoisotopic (exact) mass is 222 g/mol. The summed E-state index contributed by atoms with van der Waals surface area (Å²) in [5.41, 5.74) is 6.43. The number of nitriles is 1. The van der Waals surface area contributed by atoms with Crippen LogP contribution in [-0.4, -0.2) is 4.99 Å². The van der Waals surface area contributed by atoms with Crippen molar-refractivity contribution in [1.82, 2.24) is 0 Å². The molecule has 0 radical (unpaired) electrons. The minimum Gasteiger partial charge on any atom is -0.389 e. The van der Waals surface area contributed by atoms with Crippen molar-refractivity contribution in [3.8, 4) is 6.07 Å². The predicted molar refractivity (Wildman–Crippen MR) is 61.8 cm³/mol. The third-order valence-corrected chi connectivity index (χ3v) is 2.00. The number of thiocarbonyl (C=S) groups is 1. The maximum Gasteiger partial charge on any atom is 0.114 e. The van der Waals surface area contributed by atoms with E-state index in [0.717, 1.165) is 5.56 Å². The smallest absolute Gasteiger partial charge is 0.114 e. The molecule has 0 amide bonds. The fourth-order valence-electron chi connectivity index (χ4n) is 0.922. The molecule has 2 nitrogen and oxygen atoms in total. The fraction of sp³-hybridized carbons (Fsp3) is 0. The lowest BCUT2D eigenvalue weighted by Gasteiger charge is -1.96. The third kappa shape index (κ3) is 2.84. The van der Waals surface area contributed by atoms with E-state index in [1.165, 1.54) is 0 Å². The van der Waals surface area contributed by atoms with Crippen LogP contribution in [0, 0.1) is 11.3 Å². The molecule has 0 saturated carbocycles. The first-order chi connectivity index (χ1) is 6.63. The lowest BCUT2D eigenvalue weighted by molar-refractivity contribution is 1.51. The summed E-state index contributed by atoms with van der Waals surface area (Å²) < 4.78 is 0. The molecular weight excluding hydrogens is 216 g/mol. The van der Waals surface area contributed by atoms with Crippen molar-refractivity contribution in [1.29, 1.82) is 5.26 Å². The van der Waals surface area contributed by atoms with Crippen LogP contribution in [0.5, 0.6) is 0 Å². The topological polar surface area (TPSA) is 49.8 Å². The first-order valence-electron chi connectivity index (χ1n) is 3.80. The van der Waals surface area contributed by atoms with Gasteiger partial charge in [0.15, 0.2) is 0 Å². The Kier molecular flexibility index (Phi) is 3.63. The summed E-state index contributed by atoms with van der Waals surface area (Å²) in [6, 6.07) is 9.03. The second-order valence-electron chi connectivity index (χ2n) is 2.59. The Morgan fingerprint density at radius 2 is 2.29 bits per heavy atom. The van der Waals surface area contributed by atoms with Gasteiger partial charge in [0, 0.05) is 5.02 Å². The zero-order valence-electron chi connectivity index (χ0n) is 7.20. The number of rotatable bonds is 2. The van der Waals surface area contributed by atoms with E-state index >= 15 is 0 Å². The molecule has 0 atom stereocenters. The number of halogens is 1. The molecule has 1 rings (SSSR count). The van der Waals surface area contributed by atoms with Crippen LogP contribution in [0.2, 0.25) is 5.02 Å². The van der Waals surface area contributed by atoms with Crippen LogP contribution in [0.3, 0.4) is 0 Å². The van der Waals surface area contributed by atoms with Gasteiger partial charge in [0.05, 0.1) is 5.57 Å². The normalized spacial score (nSPS) is 10.7. The average molecular weight is 223 g/mol. The maximum atomic E-state index is 8.71. The second kappa shape index (κ2) is 4.75. The van der Waals surface area contributed by atoms with Crippen LogP contribution in [0.4, 0.5) is 0 Å². The lowest BCUT2D eigenvalue weighted by atomic mass is 10.1. The van der Waals surface area contributed by atoms with Crippen molar-refractivity contribution in [3.05, 3.63) is 40.4 Å². The largest absolute Gasteiger partial charge is 0.389 e. The van der Waals surface area contributed by atoms with Gasteiger partial charge >= 0.3 is 0 Å². The lowest BCUT2D eigenvalue weighted by Crippen LogP contribution is -2.09. The predicted octanol–water partition coefficient (Wildman–Crippen LogP) is 2.53. The Bertz CT molecular complexity index is 432. The zero-order chi connectivity index (χ0) is 10.6. The molecule has 0 spiro atoms. The molecule has 0 heterocycles. The van der Waals surface area contributed by atoms with Crippen molar-refractivity contribution < 1.29 is 0 Å². The van der Waals surface area contributed by atoms with Crippen LogP contribution in [-0.2, 0) is 0 Å². The van der Waals surface area contributed by atoms with Crippen LogP contribution in [0.15, 0.2) is 29.8 Å². The van der Waals surface area contributed by atoms with Crippen molar-refractivity contribution >= 4 is 34.9 Å². The van der Waals surface area contributed by atoms with Gasteiger partial charge in [-0.1, -0.05) is 36.0 Å². The van der Waals surface area contributed by atoms with Gasteiger partial charge in [-0.05, 0) is 23.8 Å². The molecular formula is C10H7ClN2S. The number of hydrogen-bond acceptors (Lipinski definition) is 2. The molecule has 0 unspecified atom stereocenters. The van der Waals surface area contributed by atoms with E-state index in [9.17, 15) is 0 Å². The van der Waals surface area contributed by atoms with Gasteiger partial charge in [-0.15, -0.1) is 0 Å². The molecule has 0 bridgehead atoms. The quantitative estimate of drug-likeness (QED) is 0.475. The Morgan fingerprint density at radius 3 is 2.79 bits per heavy atom. The van der Waals surface area contributed by atoms with Crippen molar-refractivity contribution in [2.45, 2.75) is 0 Å². The minimum atomic E-state index is 0.0903. The maximum absolute atomic E-state index is 8.71. The molecule has 0 saturated heterocycles. The highest BCUT2D eigenvalue weighted by Gasteiger charge is 1.99. The van der Waals surface area contributed by atoms with Gasteiger partial charge in [-0.2, -0.15) is 5.26 Å². The first-order valence-corrected chi connectivity index (χ1v) is 4.59. The van der Waals surface area contributed by atoms with Gasteiger partial charge in [0.25, 0.3) is 0 Å². The summed E-state index contributed by atoms with van der Waals surface area (Å²) in [6.45, 7) is 0. The van der Waals surface area contributed by atoms with E-state index in [1.807, 2.05) is 12.1 Å². The molecule has 2 N–H and O–H groups in total. The molecule has 0 aromatic heterocycles. The minimum absolute atomic E-state index is 0.0903. The SMILES string of the molecule is N#CC(=Cc1cccc(Cl)c1)C(N)=S. The highest BCUT2D eigenvalue weighted by molar-refractivity contribution is 7.80. The van der Waals surface area contributed by atoms with E-state index in [0.29, 0.717) is 5.02 Å². The number of nitrogens with zero attached hydrogens (tertiary/aromatic N) is 1. The van der Waals surface area contributed by atoms with Crippen molar-refractivity contribution in [2.75, 3.05) is 0 Å². The summed E-state index contributed by atoms with van der Waals surface area (Å²) in [7, 11) is 0. The Morgan fingerprint density at radius 1 is 1.57 bits per heavy atom. The summed E-state index contributed by atoms with van der Waals surface area (Å²) >= 11 is 10.5. The van der Waals surface area contributed by atoms with E-state index in [1.54, 1.807) is 24.3 Å². The molecule has 1 aromatic rings. The highest BCUT2D eigenvalue weighted by Crippen LogP contribution is 2.13. The number of nitrogens with two attached hydrogens (primary N) is 1. The average Bonchev–Trinajstić information content (AvgIpc) is 2.14. The first kappa shape index (κ1) is 10.7. The van der Waals surface area contributed by atoms with E-state index in [-0.39, 0.29) is 10.6 Å². The standard InChI is InChI=1S/C10H7ClN2S/c11-9-3-1-2-7(5-9)4-8(6-12)10(13)14/h1-5H,(H2,13,14). The molecule has 70 valence electrons. The molecule has 0 aliphatic rings. The van der Waals surface area contributed by atoms with Crippen molar-refractivity contribution in [3.63, 3.8) is 0 Å².